The number of anilines is 1. The van der Waals surface area contributed by atoms with Crippen LogP contribution in [0, 0.1) is 5.41 Å². The summed E-state index contributed by atoms with van der Waals surface area (Å²) in [5.74, 6) is 0.782. The Kier molecular flexibility index (Phi) is 4.90. The molecule has 0 bridgehead atoms. The Morgan fingerprint density at radius 1 is 1.36 bits per heavy atom. The lowest BCUT2D eigenvalue weighted by Crippen LogP contribution is -2.37. The smallest absolute Gasteiger partial charge is 0.257 e. The average Bonchev–Trinajstić information content (AvgIpc) is 3.31. The standard InChI is InChI=1S/C19H28N4O2/c24-18(23-10-1-2-11-23)16-4-3-7-21-17(16)22-13-15-12-19(14-25-15)5-8-20-9-6-19/h3-4,7,15,20H,1-2,5-6,8-14H2,(H,21,22). The Hall–Kier alpha value is -1.66. The minimum atomic E-state index is 0.0928. The van der Waals surface area contributed by atoms with Gasteiger partial charge in [0, 0.05) is 25.8 Å². The summed E-state index contributed by atoms with van der Waals surface area (Å²) < 4.78 is 6.05. The zero-order valence-corrected chi connectivity index (χ0v) is 14.8. The molecule has 0 saturated carbocycles. The number of nitrogens with zero attached hydrogens (tertiary/aromatic N) is 2. The highest BCUT2D eigenvalue weighted by Gasteiger charge is 2.40. The summed E-state index contributed by atoms with van der Waals surface area (Å²) in [5.41, 5.74) is 1.04. The van der Waals surface area contributed by atoms with Gasteiger partial charge in [0.25, 0.3) is 5.91 Å². The number of hydrogen-bond acceptors (Lipinski definition) is 5. The fourth-order valence-corrected chi connectivity index (χ4v) is 4.35. The van der Waals surface area contributed by atoms with E-state index in [2.05, 4.69) is 15.6 Å². The maximum atomic E-state index is 12.7. The summed E-state index contributed by atoms with van der Waals surface area (Å²) in [5, 5.41) is 6.81. The first-order valence-electron chi connectivity index (χ1n) is 9.56. The van der Waals surface area contributed by atoms with Crippen LogP contribution >= 0.6 is 0 Å². The molecule has 1 atom stereocenters. The maximum Gasteiger partial charge on any atom is 0.257 e. The predicted molar refractivity (Wildman–Crippen MR) is 96.8 cm³/mol. The van der Waals surface area contributed by atoms with Crippen molar-refractivity contribution in [3.8, 4) is 0 Å². The largest absolute Gasteiger partial charge is 0.376 e. The van der Waals surface area contributed by atoms with Crippen LogP contribution in [0.5, 0.6) is 0 Å². The van der Waals surface area contributed by atoms with Crippen LogP contribution in [0.2, 0.25) is 0 Å². The van der Waals surface area contributed by atoms with E-state index in [-0.39, 0.29) is 12.0 Å². The first kappa shape index (κ1) is 16.8. The van der Waals surface area contributed by atoms with Gasteiger partial charge in [-0.1, -0.05) is 0 Å². The van der Waals surface area contributed by atoms with Crippen molar-refractivity contribution >= 4 is 11.7 Å². The molecule has 2 N–H and O–H groups in total. The molecule has 1 amide bonds. The van der Waals surface area contributed by atoms with Gasteiger partial charge in [0.05, 0.1) is 18.3 Å². The lowest BCUT2D eigenvalue weighted by atomic mass is 9.77. The highest BCUT2D eigenvalue weighted by Crippen LogP contribution is 2.40. The topological polar surface area (TPSA) is 66.5 Å². The van der Waals surface area contributed by atoms with Crippen LogP contribution < -0.4 is 10.6 Å². The Bertz CT molecular complexity index is 609. The molecule has 0 radical (unpaired) electrons. The Morgan fingerprint density at radius 3 is 2.96 bits per heavy atom. The van der Waals surface area contributed by atoms with E-state index in [1.54, 1.807) is 6.20 Å². The van der Waals surface area contributed by atoms with Gasteiger partial charge >= 0.3 is 0 Å². The number of carbonyl (C=O) groups excluding carboxylic acids is 1. The molecule has 4 heterocycles. The van der Waals surface area contributed by atoms with Crippen LogP contribution in [0.25, 0.3) is 0 Å². The van der Waals surface area contributed by atoms with E-state index in [1.165, 1.54) is 12.8 Å². The van der Waals surface area contributed by atoms with E-state index < -0.39 is 0 Å². The molecule has 136 valence electrons. The molecule has 6 nitrogen and oxygen atoms in total. The summed E-state index contributed by atoms with van der Waals surface area (Å²) in [6.07, 6.45) is 7.65. The first-order valence-corrected chi connectivity index (χ1v) is 9.56. The van der Waals surface area contributed by atoms with Crippen molar-refractivity contribution in [1.82, 2.24) is 15.2 Å². The van der Waals surface area contributed by atoms with Crippen LogP contribution in [0.1, 0.15) is 42.5 Å². The second-order valence-corrected chi connectivity index (χ2v) is 7.67. The van der Waals surface area contributed by atoms with Gasteiger partial charge in [0.1, 0.15) is 5.82 Å². The second-order valence-electron chi connectivity index (χ2n) is 7.67. The Balaban J connectivity index is 1.37. The van der Waals surface area contributed by atoms with Gasteiger partial charge in [-0.2, -0.15) is 0 Å². The SMILES string of the molecule is O=C(c1cccnc1NCC1CC2(CCNCC2)CO1)N1CCCC1. The monoisotopic (exact) mass is 344 g/mol. The number of nitrogens with one attached hydrogen (secondary N) is 2. The minimum Gasteiger partial charge on any atom is -0.376 e. The zero-order valence-electron chi connectivity index (χ0n) is 14.8. The third-order valence-electron chi connectivity index (χ3n) is 5.88. The van der Waals surface area contributed by atoms with Gasteiger partial charge in [-0.3, -0.25) is 4.79 Å². The number of hydrogen-bond donors (Lipinski definition) is 2. The second kappa shape index (κ2) is 7.30. The highest BCUT2D eigenvalue weighted by atomic mass is 16.5. The number of aromatic nitrogens is 1. The third kappa shape index (κ3) is 3.65. The van der Waals surface area contributed by atoms with Crippen molar-refractivity contribution in [2.75, 3.05) is 44.6 Å². The summed E-state index contributed by atoms with van der Waals surface area (Å²) >= 11 is 0. The van der Waals surface area contributed by atoms with E-state index >= 15 is 0 Å². The number of likely N-dealkylation sites (tertiary alicyclic amines) is 1. The molecular weight excluding hydrogens is 316 g/mol. The number of carbonyl (C=O) groups is 1. The fourth-order valence-electron chi connectivity index (χ4n) is 4.35. The molecular formula is C19H28N4O2. The number of rotatable bonds is 4. The van der Waals surface area contributed by atoms with Crippen LogP contribution in [-0.2, 0) is 4.74 Å². The molecule has 25 heavy (non-hydrogen) atoms. The fraction of sp³-hybridized carbons (Fsp3) is 0.684. The summed E-state index contributed by atoms with van der Waals surface area (Å²) in [6.45, 7) is 5.48. The van der Waals surface area contributed by atoms with E-state index in [9.17, 15) is 4.79 Å². The van der Waals surface area contributed by atoms with Crippen LogP contribution in [-0.4, -0.2) is 61.2 Å². The van der Waals surface area contributed by atoms with E-state index in [0.29, 0.717) is 23.3 Å². The van der Waals surface area contributed by atoms with Crippen molar-refractivity contribution in [1.29, 1.82) is 0 Å². The van der Waals surface area contributed by atoms with Gasteiger partial charge in [0.2, 0.25) is 0 Å². The molecule has 0 aromatic carbocycles. The lowest BCUT2D eigenvalue weighted by molar-refractivity contribution is 0.0792. The molecule has 3 fully saturated rings. The molecule has 0 aliphatic carbocycles. The van der Waals surface area contributed by atoms with Crippen molar-refractivity contribution in [2.45, 2.75) is 38.2 Å². The molecule has 3 aliphatic rings. The third-order valence-corrected chi connectivity index (χ3v) is 5.88. The van der Waals surface area contributed by atoms with E-state index in [1.807, 2.05) is 17.0 Å². The first-order chi connectivity index (χ1) is 12.3. The van der Waals surface area contributed by atoms with E-state index in [0.717, 1.165) is 52.0 Å². The molecule has 1 unspecified atom stereocenters. The average molecular weight is 344 g/mol. The molecule has 6 heteroatoms. The molecule has 1 spiro atoms. The van der Waals surface area contributed by atoms with Gasteiger partial charge in [-0.05, 0) is 62.7 Å². The van der Waals surface area contributed by atoms with Crippen LogP contribution in [0.15, 0.2) is 18.3 Å². The maximum absolute atomic E-state index is 12.7. The number of pyridine rings is 1. The number of ether oxygens (including phenoxy) is 1. The molecule has 1 aromatic rings. The van der Waals surface area contributed by atoms with Crippen molar-refractivity contribution < 1.29 is 9.53 Å². The summed E-state index contributed by atoms with van der Waals surface area (Å²) in [6, 6.07) is 3.71. The van der Waals surface area contributed by atoms with Crippen molar-refractivity contribution in [3.63, 3.8) is 0 Å². The molecule has 3 aliphatic heterocycles. The lowest BCUT2D eigenvalue weighted by Gasteiger charge is -2.32. The molecule has 1 aromatic heterocycles. The van der Waals surface area contributed by atoms with Crippen LogP contribution in [0.4, 0.5) is 5.82 Å². The zero-order chi connectivity index (χ0) is 17.1. The molecule has 3 saturated heterocycles. The normalized spacial score (nSPS) is 25.4. The molecule has 4 rings (SSSR count). The quantitative estimate of drug-likeness (QED) is 0.873. The Labute approximate surface area is 149 Å². The summed E-state index contributed by atoms with van der Waals surface area (Å²) in [4.78, 5) is 19.1. The van der Waals surface area contributed by atoms with Gasteiger partial charge in [-0.15, -0.1) is 0 Å². The van der Waals surface area contributed by atoms with Gasteiger partial charge < -0.3 is 20.3 Å². The van der Waals surface area contributed by atoms with Gasteiger partial charge in [0.15, 0.2) is 0 Å². The predicted octanol–water partition coefficient (Wildman–Crippen LogP) is 1.89. The number of amides is 1. The highest BCUT2D eigenvalue weighted by molar-refractivity contribution is 5.98. The van der Waals surface area contributed by atoms with E-state index in [4.69, 9.17) is 4.74 Å². The Morgan fingerprint density at radius 2 is 2.16 bits per heavy atom. The minimum absolute atomic E-state index is 0.0928. The van der Waals surface area contributed by atoms with Gasteiger partial charge in [-0.25, -0.2) is 4.98 Å². The van der Waals surface area contributed by atoms with Crippen molar-refractivity contribution in [3.05, 3.63) is 23.9 Å². The van der Waals surface area contributed by atoms with Crippen LogP contribution in [0.3, 0.4) is 0 Å². The number of piperidine rings is 1. The van der Waals surface area contributed by atoms with Crippen molar-refractivity contribution in [2.24, 2.45) is 5.41 Å². The summed E-state index contributed by atoms with van der Waals surface area (Å²) in [7, 11) is 0.